The Kier molecular flexibility index (Phi) is 5.82. The molecule has 0 aliphatic carbocycles. The summed E-state index contributed by atoms with van der Waals surface area (Å²) in [5, 5.41) is 2.18. The number of sulfonamides is 1. The molecule has 0 radical (unpaired) electrons. The first-order chi connectivity index (χ1) is 13.1. The molecule has 0 saturated carbocycles. The molecule has 3 rings (SSSR count). The van der Waals surface area contributed by atoms with Gasteiger partial charge in [0.25, 0.3) is 0 Å². The van der Waals surface area contributed by atoms with Gasteiger partial charge in [0.15, 0.2) is 4.80 Å². The van der Waals surface area contributed by atoms with Gasteiger partial charge in [0, 0.05) is 32.1 Å². The third kappa shape index (κ3) is 3.80. The second-order valence-corrected chi connectivity index (χ2v) is 10.1. The summed E-state index contributed by atoms with van der Waals surface area (Å²) < 4.78 is 28.2. The highest BCUT2D eigenvalue weighted by Crippen LogP contribution is 2.30. The quantitative estimate of drug-likeness (QED) is 0.605. The number of hydrogen-bond donors (Lipinski definition) is 0. The Morgan fingerprint density at radius 2 is 1.86 bits per heavy atom. The summed E-state index contributed by atoms with van der Waals surface area (Å²) in [6, 6.07) is 11.1. The predicted octanol–water partition coefficient (Wildman–Crippen LogP) is 4.51. The SMILES string of the molecule is Cc1cccc(N=c2scc(-c3ccc(Cl)c(S(=O)(=O)N(C)C)c3)n2C)c1C. The lowest BCUT2D eigenvalue weighted by molar-refractivity contribution is 0.521. The zero-order valence-electron chi connectivity index (χ0n) is 16.4. The molecule has 0 spiro atoms. The molecule has 1 aromatic heterocycles. The molecule has 8 heteroatoms. The predicted molar refractivity (Wildman–Crippen MR) is 116 cm³/mol. The van der Waals surface area contributed by atoms with Crippen LogP contribution >= 0.6 is 22.9 Å². The minimum absolute atomic E-state index is 0.0934. The Labute approximate surface area is 174 Å². The minimum atomic E-state index is -3.63. The van der Waals surface area contributed by atoms with Crippen LogP contribution in [0.2, 0.25) is 5.02 Å². The van der Waals surface area contributed by atoms with Gasteiger partial charge in [0.05, 0.1) is 16.4 Å². The van der Waals surface area contributed by atoms with E-state index in [1.807, 2.05) is 35.2 Å². The molecule has 0 atom stereocenters. The highest BCUT2D eigenvalue weighted by molar-refractivity contribution is 7.89. The summed E-state index contributed by atoms with van der Waals surface area (Å²) in [7, 11) is 1.27. The van der Waals surface area contributed by atoms with E-state index in [0.717, 1.165) is 31.6 Å². The van der Waals surface area contributed by atoms with Crippen molar-refractivity contribution in [2.45, 2.75) is 18.7 Å². The molecular weight excluding hydrogens is 414 g/mol. The third-order valence-corrected chi connectivity index (χ3v) is 7.92. The first kappa shape index (κ1) is 20.8. The Bertz CT molecular complexity index is 1210. The molecule has 0 saturated heterocycles. The summed E-state index contributed by atoms with van der Waals surface area (Å²) in [5.74, 6) is 0. The van der Waals surface area contributed by atoms with Crippen LogP contribution in [0.1, 0.15) is 11.1 Å². The molecule has 0 aliphatic rings. The lowest BCUT2D eigenvalue weighted by Crippen LogP contribution is -2.22. The van der Waals surface area contributed by atoms with Crippen LogP contribution in [0.25, 0.3) is 11.3 Å². The molecular formula is C20H22ClN3O2S2. The van der Waals surface area contributed by atoms with Crippen molar-refractivity contribution in [3.63, 3.8) is 0 Å². The first-order valence-electron chi connectivity index (χ1n) is 8.61. The Hall–Kier alpha value is -1.93. The summed E-state index contributed by atoms with van der Waals surface area (Å²) >= 11 is 7.68. The lowest BCUT2D eigenvalue weighted by Gasteiger charge is -2.14. The van der Waals surface area contributed by atoms with E-state index in [4.69, 9.17) is 16.6 Å². The van der Waals surface area contributed by atoms with Crippen LogP contribution in [0, 0.1) is 13.8 Å². The van der Waals surface area contributed by atoms with E-state index in [0.29, 0.717) is 0 Å². The summed E-state index contributed by atoms with van der Waals surface area (Å²) in [6.07, 6.45) is 0. The van der Waals surface area contributed by atoms with Crippen LogP contribution in [0.4, 0.5) is 5.69 Å². The number of rotatable bonds is 4. The van der Waals surface area contributed by atoms with Crippen molar-refractivity contribution >= 4 is 38.6 Å². The molecule has 3 aromatic rings. The molecule has 0 unspecified atom stereocenters. The minimum Gasteiger partial charge on any atom is -0.320 e. The maximum absolute atomic E-state index is 12.6. The zero-order valence-corrected chi connectivity index (χ0v) is 18.8. The van der Waals surface area contributed by atoms with E-state index in [9.17, 15) is 8.42 Å². The van der Waals surface area contributed by atoms with Gasteiger partial charge in [-0.2, -0.15) is 0 Å². The van der Waals surface area contributed by atoms with E-state index in [1.54, 1.807) is 12.1 Å². The van der Waals surface area contributed by atoms with Gasteiger partial charge in [0.1, 0.15) is 4.90 Å². The van der Waals surface area contributed by atoms with Gasteiger partial charge in [-0.15, -0.1) is 11.3 Å². The van der Waals surface area contributed by atoms with Crippen molar-refractivity contribution in [1.29, 1.82) is 0 Å². The molecule has 1 heterocycles. The summed E-state index contributed by atoms with van der Waals surface area (Å²) in [4.78, 5) is 5.72. The average Bonchev–Trinajstić information content (AvgIpc) is 3.00. The van der Waals surface area contributed by atoms with Gasteiger partial charge in [0.2, 0.25) is 10.0 Å². The number of thiazole rings is 1. The second kappa shape index (κ2) is 7.83. The van der Waals surface area contributed by atoms with Gasteiger partial charge in [-0.05, 0) is 43.2 Å². The van der Waals surface area contributed by atoms with E-state index in [1.165, 1.54) is 31.0 Å². The monoisotopic (exact) mass is 435 g/mol. The van der Waals surface area contributed by atoms with Crippen LogP contribution in [-0.2, 0) is 17.1 Å². The fourth-order valence-electron chi connectivity index (χ4n) is 2.75. The topological polar surface area (TPSA) is 54.7 Å². The van der Waals surface area contributed by atoms with Crippen LogP contribution in [0.5, 0.6) is 0 Å². The third-order valence-electron chi connectivity index (χ3n) is 4.70. The van der Waals surface area contributed by atoms with Crippen molar-refractivity contribution in [3.8, 4) is 11.3 Å². The van der Waals surface area contributed by atoms with Crippen molar-refractivity contribution in [3.05, 3.63) is 62.7 Å². The van der Waals surface area contributed by atoms with Crippen molar-refractivity contribution < 1.29 is 8.42 Å². The van der Waals surface area contributed by atoms with Gasteiger partial charge < -0.3 is 4.57 Å². The van der Waals surface area contributed by atoms with E-state index in [2.05, 4.69) is 19.9 Å². The molecule has 0 bridgehead atoms. The molecule has 2 aromatic carbocycles. The standard InChI is InChI=1S/C20H22ClN3O2S2/c1-13-7-6-8-17(14(13)2)22-20-24(5)18(12-27-20)15-9-10-16(21)19(11-15)28(25,26)23(3)4/h6-12H,1-5H3. The van der Waals surface area contributed by atoms with Gasteiger partial charge >= 0.3 is 0 Å². The fraction of sp³-hybridized carbons (Fsp3) is 0.250. The van der Waals surface area contributed by atoms with Crippen LogP contribution in [0.15, 0.2) is 51.7 Å². The largest absolute Gasteiger partial charge is 0.320 e. The van der Waals surface area contributed by atoms with Gasteiger partial charge in [-0.3, -0.25) is 0 Å². The van der Waals surface area contributed by atoms with E-state index in [-0.39, 0.29) is 9.92 Å². The first-order valence-corrected chi connectivity index (χ1v) is 11.3. The molecule has 0 fully saturated rings. The van der Waals surface area contributed by atoms with E-state index >= 15 is 0 Å². The molecule has 28 heavy (non-hydrogen) atoms. The molecule has 5 nitrogen and oxygen atoms in total. The number of halogens is 1. The summed E-state index contributed by atoms with van der Waals surface area (Å²) in [5.41, 5.74) is 4.91. The molecule has 0 amide bonds. The lowest BCUT2D eigenvalue weighted by atomic mass is 10.1. The maximum atomic E-state index is 12.6. The Morgan fingerprint density at radius 1 is 1.14 bits per heavy atom. The highest BCUT2D eigenvalue weighted by atomic mass is 35.5. The van der Waals surface area contributed by atoms with Crippen LogP contribution in [-0.4, -0.2) is 31.4 Å². The van der Waals surface area contributed by atoms with Gasteiger partial charge in [-0.25, -0.2) is 17.7 Å². The highest BCUT2D eigenvalue weighted by Gasteiger charge is 2.22. The maximum Gasteiger partial charge on any atom is 0.244 e. The average molecular weight is 436 g/mol. The number of hydrogen-bond acceptors (Lipinski definition) is 4. The number of nitrogens with zero attached hydrogens (tertiary/aromatic N) is 3. The normalized spacial score (nSPS) is 12.8. The second-order valence-electron chi connectivity index (χ2n) is 6.73. The Balaban J connectivity index is 2.13. The smallest absolute Gasteiger partial charge is 0.244 e. The molecule has 0 N–H and O–H groups in total. The number of benzene rings is 2. The van der Waals surface area contributed by atoms with Crippen LogP contribution in [0.3, 0.4) is 0 Å². The summed E-state index contributed by atoms with van der Waals surface area (Å²) in [6.45, 7) is 4.12. The number of aryl methyl sites for hydroxylation is 1. The van der Waals surface area contributed by atoms with Gasteiger partial charge in [-0.1, -0.05) is 29.8 Å². The molecule has 0 aliphatic heterocycles. The van der Waals surface area contributed by atoms with Crippen LogP contribution < -0.4 is 4.80 Å². The van der Waals surface area contributed by atoms with Crippen molar-refractivity contribution in [2.75, 3.05) is 14.1 Å². The van der Waals surface area contributed by atoms with Crippen molar-refractivity contribution in [2.24, 2.45) is 12.0 Å². The fourth-order valence-corrected chi connectivity index (χ4v) is 5.06. The van der Waals surface area contributed by atoms with Crippen molar-refractivity contribution in [1.82, 2.24) is 8.87 Å². The molecule has 148 valence electrons. The number of aromatic nitrogens is 1. The Morgan fingerprint density at radius 3 is 2.54 bits per heavy atom. The van der Waals surface area contributed by atoms with E-state index < -0.39 is 10.0 Å². The zero-order chi connectivity index (χ0) is 20.6.